The third-order valence-electron chi connectivity index (χ3n) is 5.93. The highest BCUT2D eigenvalue weighted by molar-refractivity contribution is 7.98. The van der Waals surface area contributed by atoms with Crippen LogP contribution < -0.4 is 16.0 Å². The summed E-state index contributed by atoms with van der Waals surface area (Å²) < 4.78 is 11.5. The molecule has 7 nitrogen and oxygen atoms in total. The molecule has 0 saturated carbocycles. The zero-order valence-corrected chi connectivity index (χ0v) is 18.4. The molecule has 0 saturated heterocycles. The van der Waals surface area contributed by atoms with Crippen LogP contribution in [-0.4, -0.2) is 29.9 Å². The van der Waals surface area contributed by atoms with Gasteiger partial charge in [0.15, 0.2) is 0 Å². The van der Waals surface area contributed by atoms with Crippen molar-refractivity contribution in [1.29, 1.82) is 0 Å². The first-order chi connectivity index (χ1) is 14.9. The number of carbonyl (C=O) groups excluding carboxylic acids is 2. The number of benzene rings is 1. The SMILES string of the molecule is CSCC[C@H](NC(=O)Cc1c(C)c2cc3c4c(oc3cc2oc1=O)CCCC4)C(=O)[O-]. The van der Waals surface area contributed by atoms with Crippen molar-refractivity contribution < 1.29 is 23.5 Å². The van der Waals surface area contributed by atoms with E-state index in [0.717, 1.165) is 42.2 Å². The Labute approximate surface area is 183 Å². The van der Waals surface area contributed by atoms with Crippen molar-refractivity contribution in [3.8, 4) is 0 Å². The second-order valence-electron chi connectivity index (χ2n) is 7.95. The first-order valence-electron chi connectivity index (χ1n) is 10.4. The van der Waals surface area contributed by atoms with Gasteiger partial charge in [0.2, 0.25) is 5.91 Å². The van der Waals surface area contributed by atoms with Gasteiger partial charge < -0.3 is 24.1 Å². The largest absolute Gasteiger partial charge is 0.548 e. The second-order valence-corrected chi connectivity index (χ2v) is 8.93. The van der Waals surface area contributed by atoms with Crippen LogP contribution in [0.4, 0.5) is 0 Å². The van der Waals surface area contributed by atoms with Gasteiger partial charge in [0, 0.05) is 28.8 Å². The molecule has 1 N–H and O–H groups in total. The Morgan fingerprint density at radius 3 is 2.65 bits per heavy atom. The number of hydrogen-bond acceptors (Lipinski definition) is 7. The van der Waals surface area contributed by atoms with Gasteiger partial charge in [-0.3, -0.25) is 4.79 Å². The lowest BCUT2D eigenvalue weighted by molar-refractivity contribution is -0.308. The first kappa shape index (κ1) is 21.5. The third-order valence-corrected chi connectivity index (χ3v) is 6.57. The normalized spacial score (nSPS) is 14.5. The number of fused-ring (bicyclic) bond motifs is 4. The highest BCUT2D eigenvalue weighted by Crippen LogP contribution is 2.35. The smallest absolute Gasteiger partial charge is 0.340 e. The summed E-state index contributed by atoms with van der Waals surface area (Å²) in [5, 5.41) is 15.5. The van der Waals surface area contributed by atoms with Crippen molar-refractivity contribution in [3.63, 3.8) is 0 Å². The number of thioether (sulfide) groups is 1. The molecule has 1 aliphatic rings. The van der Waals surface area contributed by atoms with Crippen molar-refractivity contribution in [1.82, 2.24) is 5.32 Å². The van der Waals surface area contributed by atoms with E-state index in [0.29, 0.717) is 22.5 Å². The topological polar surface area (TPSA) is 113 Å². The molecule has 3 aromatic rings. The lowest BCUT2D eigenvalue weighted by Crippen LogP contribution is -2.48. The summed E-state index contributed by atoms with van der Waals surface area (Å²) >= 11 is 1.48. The minimum Gasteiger partial charge on any atom is -0.548 e. The molecule has 0 radical (unpaired) electrons. The average Bonchev–Trinajstić information content (AvgIpc) is 3.10. The van der Waals surface area contributed by atoms with Gasteiger partial charge in [-0.25, -0.2) is 4.79 Å². The van der Waals surface area contributed by atoms with Crippen molar-refractivity contribution in [2.24, 2.45) is 0 Å². The number of carboxylic acids is 1. The number of hydrogen-bond donors (Lipinski definition) is 1. The van der Waals surface area contributed by atoms with Gasteiger partial charge in [-0.2, -0.15) is 11.8 Å². The summed E-state index contributed by atoms with van der Waals surface area (Å²) in [6.07, 6.45) is 5.93. The summed E-state index contributed by atoms with van der Waals surface area (Å²) in [4.78, 5) is 36.4. The van der Waals surface area contributed by atoms with Crippen LogP contribution in [0.5, 0.6) is 0 Å². The maximum absolute atomic E-state index is 12.6. The van der Waals surface area contributed by atoms with Crippen LogP contribution in [0.3, 0.4) is 0 Å². The fraction of sp³-hybridized carbons (Fsp3) is 0.435. The standard InChI is InChI=1S/C23H25NO6S/c1-12-14-9-16-13-5-3-4-6-18(13)29-20(16)11-19(14)30-23(28)15(12)10-21(25)24-17(22(26)27)7-8-31-2/h9,11,17H,3-8,10H2,1-2H3,(H,24,25)(H,26,27)/p-1/t17-/m0/s1. The molecule has 0 spiro atoms. The van der Waals surface area contributed by atoms with Gasteiger partial charge in [-0.1, -0.05) is 0 Å². The Hall–Kier alpha value is -2.74. The van der Waals surface area contributed by atoms with Gasteiger partial charge in [0.25, 0.3) is 0 Å². The molecule has 0 bridgehead atoms. The number of furan rings is 1. The molecule has 0 fully saturated rings. The molecule has 31 heavy (non-hydrogen) atoms. The Bertz CT molecular complexity index is 1220. The number of carbonyl (C=O) groups is 2. The van der Waals surface area contributed by atoms with Crippen LogP contribution in [0.1, 0.15) is 41.7 Å². The van der Waals surface area contributed by atoms with E-state index in [1.165, 1.54) is 17.3 Å². The third kappa shape index (κ3) is 4.21. The van der Waals surface area contributed by atoms with E-state index in [4.69, 9.17) is 8.83 Å². The minimum atomic E-state index is -1.34. The van der Waals surface area contributed by atoms with Crippen LogP contribution in [0.2, 0.25) is 0 Å². The van der Waals surface area contributed by atoms with Crippen molar-refractivity contribution in [2.75, 3.05) is 12.0 Å². The molecular formula is C23H24NO6S-. The zero-order valence-electron chi connectivity index (χ0n) is 17.5. The highest BCUT2D eigenvalue weighted by Gasteiger charge is 2.22. The molecule has 1 amide bonds. The summed E-state index contributed by atoms with van der Waals surface area (Å²) in [6, 6.07) is 2.63. The zero-order chi connectivity index (χ0) is 22.1. The molecular weight excluding hydrogens is 418 g/mol. The van der Waals surface area contributed by atoms with Crippen LogP contribution in [0.25, 0.3) is 21.9 Å². The molecule has 8 heteroatoms. The van der Waals surface area contributed by atoms with Gasteiger partial charge in [-0.05, 0) is 56.2 Å². The lowest BCUT2D eigenvalue weighted by atomic mass is 9.94. The second kappa shape index (κ2) is 8.78. The van der Waals surface area contributed by atoms with E-state index < -0.39 is 23.5 Å². The van der Waals surface area contributed by atoms with Crippen molar-refractivity contribution in [3.05, 3.63) is 45.0 Å². The molecule has 0 aliphatic heterocycles. The van der Waals surface area contributed by atoms with E-state index in [9.17, 15) is 19.5 Å². The van der Waals surface area contributed by atoms with Gasteiger partial charge >= 0.3 is 5.63 Å². The molecule has 1 atom stereocenters. The molecule has 1 aliphatic carbocycles. The number of carboxylic acid groups (broad SMARTS) is 1. The highest BCUT2D eigenvalue weighted by atomic mass is 32.2. The van der Waals surface area contributed by atoms with Crippen molar-refractivity contribution >= 4 is 45.6 Å². The number of aryl methyl sites for hydroxylation is 3. The molecule has 2 aromatic heterocycles. The number of rotatable bonds is 7. The Morgan fingerprint density at radius 1 is 1.16 bits per heavy atom. The Morgan fingerprint density at radius 2 is 1.90 bits per heavy atom. The van der Waals surface area contributed by atoms with Crippen LogP contribution in [-0.2, 0) is 28.9 Å². The van der Waals surface area contributed by atoms with Gasteiger partial charge in [0.1, 0.15) is 16.9 Å². The van der Waals surface area contributed by atoms with E-state index in [1.807, 2.05) is 12.3 Å². The quantitative estimate of drug-likeness (QED) is 0.559. The van der Waals surface area contributed by atoms with E-state index >= 15 is 0 Å². The summed E-state index contributed by atoms with van der Waals surface area (Å²) in [5.41, 5.74) is 2.60. The maximum Gasteiger partial charge on any atom is 0.340 e. The monoisotopic (exact) mass is 442 g/mol. The summed E-state index contributed by atoms with van der Waals surface area (Å²) in [5.74, 6) is -0.320. The van der Waals surface area contributed by atoms with Gasteiger partial charge in [-0.15, -0.1) is 0 Å². The van der Waals surface area contributed by atoms with E-state index in [1.54, 1.807) is 13.0 Å². The molecule has 0 unspecified atom stereocenters. The summed E-state index contributed by atoms with van der Waals surface area (Å²) in [6.45, 7) is 1.78. The molecule has 164 valence electrons. The lowest BCUT2D eigenvalue weighted by Gasteiger charge is -2.19. The van der Waals surface area contributed by atoms with E-state index in [-0.39, 0.29) is 18.4 Å². The van der Waals surface area contributed by atoms with Crippen LogP contribution in [0.15, 0.2) is 25.8 Å². The number of nitrogens with one attached hydrogen (secondary N) is 1. The van der Waals surface area contributed by atoms with Crippen LogP contribution >= 0.6 is 11.8 Å². The minimum absolute atomic E-state index is 0.226. The Balaban J connectivity index is 1.68. The predicted molar refractivity (Wildman–Crippen MR) is 117 cm³/mol. The van der Waals surface area contributed by atoms with Crippen molar-refractivity contribution in [2.45, 2.75) is 51.5 Å². The number of amides is 1. The average molecular weight is 443 g/mol. The molecule has 2 heterocycles. The number of aliphatic carboxylic acids is 1. The predicted octanol–water partition coefficient (Wildman–Crippen LogP) is 2.26. The Kier molecular flexibility index (Phi) is 6.09. The molecule has 4 rings (SSSR count). The first-order valence-corrected chi connectivity index (χ1v) is 11.8. The molecule has 1 aromatic carbocycles. The fourth-order valence-corrected chi connectivity index (χ4v) is 4.71. The van der Waals surface area contributed by atoms with Crippen LogP contribution in [0, 0.1) is 6.92 Å². The van der Waals surface area contributed by atoms with E-state index in [2.05, 4.69) is 5.32 Å². The fourth-order valence-electron chi connectivity index (χ4n) is 4.24. The maximum atomic E-state index is 12.6. The van der Waals surface area contributed by atoms with Gasteiger partial charge in [0.05, 0.1) is 24.0 Å². The summed E-state index contributed by atoms with van der Waals surface area (Å²) in [7, 11) is 0.